The first kappa shape index (κ1) is 62.5. The van der Waals surface area contributed by atoms with Crippen molar-refractivity contribution in [1.29, 1.82) is 0 Å². The van der Waals surface area contributed by atoms with Crippen LogP contribution in [0.3, 0.4) is 0 Å². The number of aliphatic hydroxyl groups excluding tert-OH is 2. The number of ether oxygens (including phenoxy) is 7. The molecule has 3 aliphatic rings. The fourth-order valence-corrected chi connectivity index (χ4v) is 11.4. The largest absolute Gasteiger partial charge is 0.459 e. The fraction of sp³-hybridized carbons (Fsp3) is 0.945. The van der Waals surface area contributed by atoms with Crippen molar-refractivity contribution in [2.24, 2.45) is 23.7 Å². The highest BCUT2D eigenvalue weighted by atomic mass is 16.7. The molecule has 0 bridgehead atoms. The summed E-state index contributed by atoms with van der Waals surface area (Å²) in [6.07, 6.45) is 8.66. The summed E-state index contributed by atoms with van der Waals surface area (Å²) in [7, 11) is 5.31. The van der Waals surface area contributed by atoms with Crippen molar-refractivity contribution in [3.05, 3.63) is 0 Å². The second kappa shape index (κ2) is 29.3. The molecule has 0 spiro atoms. The minimum absolute atomic E-state index is 0.0783. The van der Waals surface area contributed by atoms with Crippen LogP contribution >= 0.6 is 0 Å². The van der Waals surface area contributed by atoms with Gasteiger partial charge in [-0.3, -0.25) is 14.4 Å². The second-order valence-electron chi connectivity index (χ2n) is 22.6. The van der Waals surface area contributed by atoms with Crippen LogP contribution in [0.15, 0.2) is 0 Å². The number of likely N-dealkylation sites (N-methyl/N-ethyl adjacent to an activating group) is 1. The van der Waals surface area contributed by atoms with Gasteiger partial charge >= 0.3 is 11.9 Å². The van der Waals surface area contributed by atoms with Crippen LogP contribution in [0, 0.1) is 23.7 Å². The number of rotatable bonds is 24. The zero-order chi connectivity index (χ0) is 52.6. The quantitative estimate of drug-likeness (QED) is 0.0529. The van der Waals surface area contributed by atoms with E-state index in [1.165, 1.54) is 91.6 Å². The van der Waals surface area contributed by atoms with Gasteiger partial charge in [-0.25, -0.2) is 0 Å². The van der Waals surface area contributed by atoms with Gasteiger partial charge in [0.2, 0.25) is 0 Å². The molecule has 0 aromatic carbocycles. The Morgan fingerprint density at radius 2 is 1.27 bits per heavy atom. The van der Waals surface area contributed by atoms with Gasteiger partial charge in [0.25, 0.3) is 0 Å². The SMILES string of the molecule is CCCCCCCCCCCCCCCCCC(=O)O[C@H]1[C@H](OC2[C@@H](C)[C@H](O[C@H]3C[C@@](C)(OC)[C@@H](O)[C@H](C)O3)[C@@H](C)C(=O)O[C@H](CC)[C@@](C)(O)[C@H](O)[C@@H](C)C(=O)[C@H](C)C[C@@]2(C)O)O[C@H](C)C[C@@H]1N(C)C. The molecule has 0 saturated carbocycles. The third-order valence-electron chi connectivity index (χ3n) is 16.0. The van der Waals surface area contributed by atoms with Gasteiger partial charge < -0.3 is 58.5 Å². The first-order valence-electron chi connectivity index (χ1n) is 27.4. The van der Waals surface area contributed by atoms with Crippen molar-refractivity contribution in [2.45, 2.75) is 289 Å². The number of hydrogen-bond donors (Lipinski definition) is 4. The van der Waals surface area contributed by atoms with Crippen LogP contribution in [0.4, 0.5) is 0 Å². The molecule has 15 nitrogen and oxygen atoms in total. The summed E-state index contributed by atoms with van der Waals surface area (Å²) in [4.78, 5) is 44.3. The van der Waals surface area contributed by atoms with E-state index in [2.05, 4.69) is 6.92 Å². The molecule has 0 radical (unpaired) electrons. The zero-order valence-electron chi connectivity index (χ0n) is 46.1. The standard InChI is InChI=1S/C55H101NO14/c1-15-17-18-19-20-21-22-23-24-25-26-27-28-29-30-31-43(57)68-47-41(56(12)13)32-36(4)65-52(47)70-50-38(6)46(69-44-34-54(10,64-14)49(60)40(8)66-44)39(7)51(61)67-42(16-2)55(11,63)48(59)37(5)45(58)35(3)33-53(50,9)62/h35-42,44,46-50,52,59-60,62-63H,15-34H2,1-14H3/t35-,36-,37+,38+,39-,40+,41+,42-,44+,46+,47-,48-,49+,50?,52+,53-,54-,55-/m1/s1. The predicted octanol–water partition coefficient (Wildman–Crippen LogP) is 8.60. The van der Waals surface area contributed by atoms with Gasteiger partial charge in [-0.2, -0.15) is 0 Å². The Bertz CT molecular complexity index is 1540. The van der Waals surface area contributed by atoms with E-state index in [1.807, 2.05) is 25.9 Å². The van der Waals surface area contributed by atoms with E-state index in [9.17, 15) is 34.8 Å². The summed E-state index contributed by atoms with van der Waals surface area (Å²) in [6.45, 7) is 18.8. The fourth-order valence-electron chi connectivity index (χ4n) is 11.4. The number of esters is 2. The van der Waals surface area contributed by atoms with Crippen LogP contribution in [0.2, 0.25) is 0 Å². The Morgan fingerprint density at radius 1 is 0.729 bits per heavy atom. The summed E-state index contributed by atoms with van der Waals surface area (Å²) >= 11 is 0. The van der Waals surface area contributed by atoms with Gasteiger partial charge in [0.1, 0.15) is 23.6 Å². The average molecular weight is 1000 g/mol. The summed E-state index contributed by atoms with van der Waals surface area (Å²) < 4.78 is 44.7. The van der Waals surface area contributed by atoms with Crippen molar-refractivity contribution in [3.63, 3.8) is 0 Å². The molecule has 0 amide bonds. The predicted molar refractivity (Wildman–Crippen MR) is 270 cm³/mol. The second-order valence-corrected chi connectivity index (χ2v) is 22.6. The number of hydrogen-bond acceptors (Lipinski definition) is 15. The number of unbranched alkanes of at least 4 members (excludes halogenated alkanes) is 14. The number of carbonyl (C=O) groups excluding carboxylic acids is 3. The summed E-state index contributed by atoms with van der Waals surface area (Å²) in [5.74, 6) is -5.49. The third kappa shape index (κ3) is 17.7. The molecule has 70 heavy (non-hydrogen) atoms. The minimum Gasteiger partial charge on any atom is -0.459 e. The molecule has 410 valence electrons. The molecule has 3 rings (SSSR count). The highest BCUT2D eigenvalue weighted by Crippen LogP contribution is 2.41. The first-order chi connectivity index (χ1) is 32.9. The van der Waals surface area contributed by atoms with Gasteiger partial charge in [0.15, 0.2) is 18.7 Å². The van der Waals surface area contributed by atoms with Crippen molar-refractivity contribution in [3.8, 4) is 0 Å². The average Bonchev–Trinajstić information content (AvgIpc) is 3.30. The number of cyclic esters (lactones) is 1. The molecule has 3 fully saturated rings. The normalized spacial score (nSPS) is 39.4. The van der Waals surface area contributed by atoms with E-state index in [1.54, 1.807) is 48.5 Å². The van der Waals surface area contributed by atoms with Gasteiger partial charge in [-0.05, 0) is 81.3 Å². The summed E-state index contributed by atoms with van der Waals surface area (Å²) in [5.41, 5.74) is -4.95. The van der Waals surface area contributed by atoms with Crippen LogP contribution in [0.25, 0.3) is 0 Å². The number of Topliss-reactive ketones (excluding diaryl/α,β-unsaturated/α-hetero) is 1. The molecule has 0 aliphatic carbocycles. The summed E-state index contributed by atoms with van der Waals surface area (Å²) in [6, 6.07) is -0.324. The van der Waals surface area contributed by atoms with Crippen molar-refractivity contribution >= 4 is 17.7 Å². The summed E-state index contributed by atoms with van der Waals surface area (Å²) in [5, 5.41) is 47.2. The lowest BCUT2D eigenvalue weighted by Gasteiger charge is -2.49. The van der Waals surface area contributed by atoms with Crippen LogP contribution in [-0.2, 0) is 47.5 Å². The molecule has 3 heterocycles. The van der Waals surface area contributed by atoms with E-state index < -0.39 is 108 Å². The zero-order valence-corrected chi connectivity index (χ0v) is 46.1. The van der Waals surface area contributed by atoms with Gasteiger partial charge in [-0.1, -0.05) is 125 Å². The minimum atomic E-state index is -2.02. The number of aliphatic hydroxyl groups is 4. The molecule has 1 unspecified atom stereocenters. The molecular formula is C55H101NO14. The van der Waals surface area contributed by atoms with Crippen molar-refractivity contribution in [2.75, 3.05) is 21.2 Å². The van der Waals surface area contributed by atoms with E-state index >= 15 is 0 Å². The molecule has 4 N–H and O–H groups in total. The molecule has 3 saturated heterocycles. The molecule has 3 aliphatic heterocycles. The Morgan fingerprint density at radius 3 is 1.79 bits per heavy atom. The van der Waals surface area contributed by atoms with E-state index in [0.29, 0.717) is 12.8 Å². The third-order valence-corrected chi connectivity index (χ3v) is 16.0. The van der Waals surface area contributed by atoms with E-state index in [-0.39, 0.29) is 43.8 Å². The van der Waals surface area contributed by atoms with E-state index in [4.69, 9.17) is 33.2 Å². The van der Waals surface area contributed by atoms with E-state index in [0.717, 1.165) is 19.3 Å². The van der Waals surface area contributed by atoms with Crippen LogP contribution in [0.5, 0.6) is 0 Å². The van der Waals surface area contributed by atoms with Crippen LogP contribution < -0.4 is 0 Å². The lowest BCUT2D eigenvalue weighted by Crippen LogP contribution is -2.61. The Labute approximate surface area is 423 Å². The van der Waals surface area contributed by atoms with Gasteiger partial charge in [0.05, 0.1) is 53.7 Å². The molecule has 0 aromatic heterocycles. The maximum absolute atomic E-state index is 14.4. The number of nitrogens with zero attached hydrogens (tertiary/aromatic N) is 1. The molecular weight excluding hydrogens is 899 g/mol. The highest BCUT2D eigenvalue weighted by molar-refractivity contribution is 5.83. The Hall–Kier alpha value is -1.79. The molecule has 0 aromatic rings. The maximum Gasteiger partial charge on any atom is 0.311 e. The van der Waals surface area contributed by atoms with Crippen LogP contribution in [-0.4, -0.2) is 149 Å². The smallest absolute Gasteiger partial charge is 0.311 e. The topological polar surface area (TPSA) is 200 Å². The molecule has 15 heteroatoms. The number of carbonyl (C=O) groups is 3. The van der Waals surface area contributed by atoms with Crippen LogP contribution in [0.1, 0.15) is 205 Å². The highest BCUT2D eigenvalue weighted by Gasteiger charge is 2.54. The Kier molecular flexibility index (Phi) is 26.2. The lowest BCUT2D eigenvalue weighted by molar-refractivity contribution is -0.319. The van der Waals surface area contributed by atoms with Crippen molar-refractivity contribution < 1.29 is 68.0 Å². The van der Waals surface area contributed by atoms with Gasteiger partial charge in [0, 0.05) is 37.7 Å². The monoisotopic (exact) mass is 1000 g/mol. The van der Waals surface area contributed by atoms with Gasteiger partial charge in [-0.15, -0.1) is 0 Å². The number of methoxy groups -OCH3 is 1. The molecule has 18 atom stereocenters. The lowest BCUT2D eigenvalue weighted by atomic mass is 9.74. The number of ketones is 1. The Balaban J connectivity index is 1.92. The maximum atomic E-state index is 14.4. The van der Waals surface area contributed by atoms with Crippen molar-refractivity contribution in [1.82, 2.24) is 4.90 Å². The first-order valence-corrected chi connectivity index (χ1v) is 27.4.